The number of benzene rings is 1. The van der Waals surface area contributed by atoms with Crippen molar-refractivity contribution in [2.75, 3.05) is 19.7 Å². The SMILES string of the molecule is CCOC1=CC(c2ccccc2)=C2CCCCC12N(CC)CC. The van der Waals surface area contributed by atoms with Gasteiger partial charge in [-0.1, -0.05) is 50.6 Å². The van der Waals surface area contributed by atoms with Crippen LogP contribution in [0.3, 0.4) is 0 Å². The maximum absolute atomic E-state index is 6.19. The molecule has 0 bridgehead atoms. The number of rotatable bonds is 6. The molecule has 2 nitrogen and oxygen atoms in total. The summed E-state index contributed by atoms with van der Waals surface area (Å²) in [5.41, 5.74) is 4.32. The van der Waals surface area contributed by atoms with E-state index in [0.29, 0.717) is 0 Å². The number of nitrogens with zero attached hydrogens (tertiary/aromatic N) is 1. The molecule has 0 N–H and O–H groups in total. The van der Waals surface area contributed by atoms with Crippen molar-refractivity contribution in [3.05, 3.63) is 53.3 Å². The Hall–Kier alpha value is -1.54. The molecule has 1 aromatic carbocycles. The summed E-state index contributed by atoms with van der Waals surface area (Å²) in [6.45, 7) is 9.51. The first-order valence-corrected chi connectivity index (χ1v) is 9.17. The topological polar surface area (TPSA) is 12.5 Å². The summed E-state index contributed by atoms with van der Waals surface area (Å²) < 4.78 is 6.19. The van der Waals surface area contributed by atoms with Crippen LogP contribution < -0.4 is 0 Å². The van der Waals surface area contributed by atoms with Crippen molar-refractivity contribution in [3.63, 3.8) is 0 Å². The van der Waals surface area contributed by atoms with Gasteiger partial charge < -0.3 is 4.74 Å². The minimum absolute atomic E-state index is 0.00291. The van der Waals surface area contributed by atoms with Crippen LogP contribution in [0.4, 0.5) is 0 Å². The molecule has 23 heavy (non-hydrogen) atoms. The number of ether oxygens (including phenoxy) is 1. The van der Waals surface area contributed by atoms with Crippen molar-refractivity contribution in [1.29, 1.82) is 0 Å². The van der Waals surface area contributed by atoms with Gasteiger partial charge in [0.05, 0.1) is 6.61 Å². The highest BCUT2D eigenvalue weighted by molar-refractivity contribution is 5.83. The lowest BCUT2D eigenvalue weighted by atomic mass is 9.75. The van der Waals surface area contributed by atoms with Gasteiger partial charge >= 0.3 is 0 Å². The van der Waals surface area contributed by atoms with Gasteiger partial charge in [-0.2, -0.15) is 0 Å². The van der Waals surface area contributed by atoms with Crippen LogP contribution in [0.2, 0.25) is 0 Å². The highest BCUT2D eigenvalue weighted by Crippen LogP contribution is 2.51. The fourth-order valence-corrected chi connectivity index (χ4v) is 4.47. The van der Waals surface area contributed by atoms with Crippen molar-refractivity contribution >= 4 is 5.57 Å². The van der Waals surface area contributed by atoms with Gasteiger partial charge in [-0.05, 0) is 62.1 Å². The number of fused-ring (bicyclic) bond motifs is 1. The Morgan fingerprint density at radius 1 is 1.04 bits per heavy atom. The highest BCUT2D eigenvalue weighted by atomic mass is 16.5. The van der Waals surface area contributed by atoms with Gasteiger partial charge in [0.25, 0.3) is 0 Å². The molecule has 1 aromatic rings. The van der Waals surface area contributed by atoms with Crippen molar-refractivity contribution in [3.8, 4) is 0 Å². The van der Waals surface area contributed by atoms with Crippen LogP contribution in [0.1, 0.15) is 52.0 Å². The second kappa shape index (κ2) is 6.92. The molecule has 2 aliphatic rings. The fourth-order valence-electron chi connectivity index (χ4n) is 4.47. The number of hydrogen-bond acceptors (Lipinski definition) is 2. The lowest BCUT2D eigenvalue weighted by Gasteiger charge is -2.46. The largest absolute Gasteiger partial charge is 0.496 e. The molecule has 124 valence electrons. The molecular formula is C21H29NO. The van der Waals surface area contributed by atoms with Gasteiger partial charge in [0.2, 0.25) is 0 Å². The third kappa shape index (κ3) is 2.63. The first-order valence-electron chi connectivity index (χ1n) is 9.17. The molecular weight excluding hydrogens is 282 g/mol. The predicted molar refractivity (Wildman–Crippen MR) is 97.2 cm³/mol. The number of hydrogen-bond donors (Lipinski definition) is 0. The summed E-state index contributed by atoms with van der Waals surface area (Å²) >= 11 is 0. The zero-order valence-electron chi connectivity index (χ0n) is 14.8. The number of likely N-dealkylation sites (N-methyl/N-ethyl adjacent to an activating group) is 1. The monoisotopic (exact) mass is 311 g/mol. The average Bonchev–Trinajstić information content (AvgIpc) is 2.93. The van der Waals surface area contributed by atoms with Gasteiger partial charge in [-0.3, -0.25) is 4.90 Å². The molecule has 1 saturated carbocycles. The van der Waals surface area contributed by atoms with Gasteiger partial charge in [0.15, 0.2) is 0 Å². The van der Waals surface area contributed by atoms with Crippen LogP contribution in [-0.2, 0) is 4.74 Å². The first-order chi connectivity index (χ1) is 11.3. The van der Waals surface area contributed by atoms with E-state index in [2.05, 4.69) is 62.1 Å². The standard InChI is InChI=1S/C21H29NO/c1-4-22(5-2)21-15-11-10-14-19(21)18(16-20(21)23-6-3)17-12-8-7-9-13-17/h7-9,12-13,16H,4-6,10-11,14-15H2,1-3H3. The molecule has 0 heterocycles. The van der Waals surface area contributed by atoms with Gasteiger partial charge in [0.1, 0.15) is 11.3 Å². The Balaban J connectivity index is 2.15. The van der Waals surface area contributed by atoms with E-state index in [4.69, 9.17) is 4.74 Å². The van der Waals surface area contributed by atoms with E-state index in [1.807, 2.05) is 0 Å². The van der Waals surface area contributed by atoms with E-state index in [1.165, 1.54) is 42.6 Å². The van der Waals surface area contributed by atoms with Crippen molar-refractivity contribution < 1.29 is 4.74 Å². The van der Waals surface area contributed by atoms with E-state index < -0.39 is 0 Å². The molecule has 0 aromatic heterocycles. The molecule has 0 saturated heterocycles. The summed E-state index contributed by atoms with van der Waals surface area (Å²) in [7, 11) is 0. The summed E-state index contributed by atoms with van der Waals surface area (Å²) in [5, 5.41) is 0. The van der Waals surface area contributed by atoms with Gasteiger partial charge in [-0.15, -0.1) is 0 Å². The Labute approximate surface area is 140 Å². The fraction of sp³-hybridized carbons (Fsp3) is 0.524. The van der Waals surface area contributed by atoms with Crippen LogP contribution in [0.25, 0.3) is 5.57 Å². The van der Waals surface area contributed by atoms with E-state index in [9.17, 15) is 0 Å². The molecule has 0 spiro atoms. The third-order valence-corrected chi connectivity index (χ3v) is 5.41. The van der Waals surface area contributed by atoms with Crippen LogP contribution in [0.15, 0.2) is 47.7 Å². The molecule has 0 aliphatic heterocycles. The summed E-state index contributed by atoms with van der Waals surface area (Å²) in [6, 6.07) is 10.8. The Kier molecular flexibility index (Phi) is 4.91. The molecule has 3 rings (SSSR count). The molecule has 1 unspecified atom stereocenters. The lowest BCUT2D eigenvalue weighted by molar-refractivity contribution is 0.0688. The Morgan fingerprint density at radius 3 is 2.43 bits per heavy atom. The lowest BCUT2D eigenvalue weighted by Crippen LogP contribution is -2.52. The molecule has 1 atom stereocenters. The second-order valence-corrected chi connectivity index (χ2v) is 6.44. The van der Waals surface area contributed by atoms with Gasteiger partial charge in [0, 0.05) is 0 Å². The average molecular weight is 311 g/mol. The van der Waals surface area contributed by atoms with Crippen molar-refractivity contribution in [2.45, 2.75) is 52.0 Å². The van der Waals surface area contributed by atoms with Crippen LogP contribution >= 0.6 is 0 Å². The zero-order valence-corrected chi connectivity index (χ0v) is 14.8. The van der Waals surface area contributed by atoms with E-state index in [1.54, 1.807) is 5.57 Å². The van der Waals surface area contributed by atoms with Crippen LogP contribution in [0.5, 0.6) is 0 Å². The van der Waals surface area contributed by atoms with E-state index >= 15 is 0 Å². The normalized spacial score (nSPS) is 23.9. The van der Waals surface area contributed by atoms with Crippen LogP contribution in [-0.4, -0.2) is 30.1 Å². The third-order valence-electron chi connectivity index (χ3n) is 5.41. The minimum Gasteiger partial charge on any atom is -0.496 e. The highest BCUT2D eigenvalue weighted by Gasteiger charge is 2.49. The minimum atomic E-state index is 0.00291. The second-order valence-electron chi connectivity index (χ2n) is 6.44. The van der Waals surface area contributed by atoms with E-state index in [-0.39, 0.29) is 5.54 Å². The molecule has 2 heteroatoms. The van der Waals surface area contributed by atoms with Crippen molar-refractivity contribution in [2.24, 2.45) is 0 Å². The molecule has 0 radical (unpaired) electrons. The maximum atomic E-state index is 6.19. The molecule has 2 aliphatic carbocycles. The molecule has 0 amide bonds. The van der Waals surface area contributed by atoms with Crippen molar-refractivity contribution in [1.82, 2.24) is 4.90 Å². The quantitative estimate of drug-likeness (QED) is 0.730. The van der Waals surface area contributed by atoms with E-state index in [0.717, 1.165) is 19.7 Å². The van der Waals surface area contributed by atoms with Crippen LogP contribution in [0, 0.1) is 0 Å². The predicted octanol–water partition coefficient (Wildman–Crippen LogP) is 5.03. The number of allylic oxidation sites excluding steroid dienone is 2. The zero-order chi connectivity index (χ0) is 16.3. The van der Waals surface area contributed by atoms with Gasteiger partial charge in [-0.25, -0.2) is 0 Å². The Bertz CT molecular complexity index is 598. The molecule has 1 fully saturated rings. The summed E-state index contributed by atoms with van der Waals surface area (Å²) in [5.74, 6) is 1.18. The first kappa shape index (κ1) is 16.3. The summed E-state index contributed by atoms with van der Waals surface area (Å²) in [6.07, 6.45) is 7.28. The summed E-state index contributed by atoms with van der Waals surface area (Å²) in [4.78, 5) is 2.61. The Morgan fingerprint density at radius 2 is 1.78 bits per heavy atom. The maximum Gasteiger partial charge on any atom is 0.121 e. The smallest absolute Gasteiger partial charge is 0.121 e.